The van der Waals surface area contributed by atoms with Crippen molar-refractivity contribution in [3.63, 3.8) is 0 Å². The SMILES string of the molecule is C=C(CC)CC(N)c1ccccc1SC. The molecule has 0 bridgehead atoms. The van der Waals surface area contributed by atoms with Gasteiger partial charge in [-0.05, 0) is 30.7 Å². The van der Waals surface area contributed by atoms with Crippen molar-refractivity contribution in [2.24, 2.45) is 5.73 Å². The highest BCUT2D eigenvalue weighted by Crippen LogP contribution is 2.28. The Bertz CT molecular complexity index is 333. The quantitative estimate of drug-likeness (QED) is 0.605. The molecule has 0 aliphatic carbocycles. The Hall–Kier alpha value is -0.730. The van der Waals surface area contributed by atoms with Crippen LogP contribution >= 0.6 is 11.8 Å². The van der Waals surface area contributed by atoms with Gasteiger partial charge in [0.05, 0.1) is 0 Å². The molecule has 0 aliphatic heterocycles. The summed E-state index contributed by atoms with van der Waals surface area (Å²) in [6, 6.07) is 8.41. The van der Waals surface area contributed by atoms with Gasteiger partial charge in [-0.15, -0.1) is 11.8 Å². The van der Waals surface area contributed by atoms with E-state index in [1.165, 1.54) is 16.0 Å². The molecule has 0 spiro atoms. The molecule has 2 N–H and O–H groups in total. The average molecular weight is 221 g/mol. The summed E-state index contributed by atoms with van der Waals surface area (Å²) in [7, 11) is 0. The second-order valence-corrected chi connectivity index (χ2v) is 4.50. The summed E-state index contributed by atoms with van der Waals surface area (Å²) < 4.78 is 0. The smallest absolute Gasteiger partial charge is 0.0343 e. The van der Waals surface area contributed by atoms with Gasteiger partial charge in [0.1, 0.15) is 0 Å². The minimum atomic E-state index is 0.0844. The van der Waals surface area contributed by atoms with Crippen molar-refractivity contribution in [2.45, 2.75) is 30.7 Å². The number of benzene rings is 1. The van der Waals surface area contributed by atoms with Crippen LogP contribution in [0.15, 0.2) is 41.3 Å². The van der Waals surface area contributed by atoms with Crippen LogP contribution in [0.5, 0.6) is 0 Å². The van der Waals surface area contributed by atoms with Crippen molar-refractivity contribution in [3.8, 4) is 0 Å². The van der Waals surface area contributed by atoms with E-state index < -0.39 is 0 Å². The highest BCUT2D eigenvalue weighted by molar-refractivity contribution is 7.98. The lowest BCUT2D eigenvalue weighted by Gasteiger charge is -2.16. The fourth-order valence-corrected chi connectivity index (χ4v) is 2.21. The first-order valence-electron chi connectivity index (χ1n) is 5.24. The number of hydrogen-bond donors (Lipinski definition) is 1. The van der Waals surface area contributed by atoms with Gasteiger partial charge in [0.25, 0.3) is 0 Å². The molecule has 1 aromatic carbocycles. The predicted octanol–water partition coefficient (Wildman–Crippen LogP) is 3.76. The first-order valence-corrected chi connectivity index (χ1v) is 6.46. The van der Waals surface area contributed by atoms with Crippen LogP contribution in [0.3, 0.4) is 0 Å². The van der Waals surface area contributed by atoms with E-state index >= 15 is 0 Å². The Morgan fingerprint density at radius 1 is 1.47 bits per heavy atom. The zero-order valence-electron chi connectivity index (χ0n) is 9.49. The minimum absolute atomic E-state index is 0.0844. The third-order valence-electron chi connectivity index (χ3n) is 2.55. The van der Waals surface area contributed by atoms with Crippen molar-refractivity contribution >= 4 is 11.8 Å². The molecule has 1 unspecified atom stereocenters. The summed E-state index contributed by atoms with van der Waals surface area (Å²) >= 11 is 1.75. The molecule has 0 aromatic heterocycles. The second kappa shape index (κ2) is 5.99. The zero-order valence-corrected chi connectivity index (χ0v) is 10.3. The molecular formula is C13H19NS. The molecule has 2 heteroatoms. The molecule has 1 nitrogen and oxygen atoms in total. The van der Waals surface area contributed by atoms with Crippen LogP contribution in [0.2, 0.25) is 0 Å². The molecule has 82 valence electrons. The summed E-state index contributed by atoms with van der Waals surface area (Å²) in [5.74, 6) is 0. The van der Waals surface area contributed by atoms with E-state index in [2.05, 4.69) is 38.0 Å². The lowest BCUT2D eigenvalue weighted by molar-refractivity contribution is 0.689. The Kier molecular flexibility index (Phi) is 4.92. The molecular weight excluding hydrogens is 202 g/mol. The van der Waals surface area contributed by atoms with Crippen molar-refractivity contribution in [1.82, 2.24) is 0 Å². The minimum Gasteiger partial charge on any atom is -0.324 e. The van der Waals surface area contributed by atoms with Gasteiger partial charge in [0.2, 0.25) is 0 Å². The fraction of sp³-hybridized carbons (Fsp3) is 0.385. The van der Waals surface area contributed by atoms with Gasteiger partial charge in [0.15, 0.2) is 0 Å². The normalized spacial score (nSPS) is 12.5. The van der Waals surface area contributed by atoms with Crippen LogP contribution in [-0.2, 0) is 0 Å². The summed E-state index contributed by atoms with van der Waals surface area (Å²) in [5, 5.41) is 0. The number of rotatable bonds is 5. The van der Waals surface area contributed by atoms with Gasteiger partial charge >= 0.3 is 0 Å². The predicted molar refractivity (Wildman–Crippen MR) is 69.2 cm³/mol. The molecule has 0 saturated carbocycles. The zero-order chi connectivity index (χ0) is 11.3. The third kappa shape index (κ3) is 3.40. The molecule has 15 heavy (non-hydrogen) atoms. The maximum atomic E-state index is 6.17. The van der Waals surface area contributed by atoms with E-state index in [0.717, 1.165) is 12.8 Å². The van der Waals surface area contributed by atoms with Gasteiger partial charge in [-0.25, -0.2) is 0 Å². The topological polar surface area (TPSA) is 26.0 Å². The maximum Gasteiger partial charge on any atom is 0.0343 e. The maximum absolute atomic E-state index is 6.17. The summed E-state index contributed by atoms with van der Waals surface area (Å²) in [6.07, 6.45) is 3.98. The Balaban J connectivity index is 2.80. The van der Waals surface area contributed by atoms with E-state index in [0.29, 0.717) is 0 Å². The van der Waals surface area contributed by atoms with Crippen LogP contribution in [0.1, 0.15) is 31.4 Å². The lowest BCUT2D eigenvalue weighted by Crippen LogP contribution is -2.11. The van der Waals surface area contributed by atoms with E-state index in [-0.39, 0.29) is 6.04 Å². The fourth-order valence-electron chi connectivity index (χ4n) is 1.54. The van der Waals surface area contributed by atoms with E-state index in [1.807, 2.05) is 6.07 Å². The Labute approximate surface area is 96.8 Å². The van der Waals surface area contributed by atoms with Crippen molar-refractivity contribution < 1.29 is 0 Å². The monoisotopic (exact) mass is 221 g/mol. The highest BCUT2D eigenvalue weighted by atomic mass is 32.2. The molecule has 0 heterocycles. The molecule has 0 saturated heterocycles. The molecule has 0 radical (unpaired) electrons. The largest absolute Gasteiger partial charge is 0.324 e. The first kappa shape index (κ1) is 12.3. The van der Waals surface area contributed by atoms with E-state index in [9.17, 15) is 0 Å². The van der Waals surface area contributed by atoms with Crippen LogP contribution in [0, 0.1) is 0 Å². The van der Waals surface area contributed by atoms with Crippen molar-refractivity contribution in [1.29, 1.82) is 0 Å². The Morgan fingerprint density at radius 2 is 2.13 bits per heavy atom. The molecule has 0 fully saturated rings. The number of nitrogens with two attached hydrogens (primary N) is 1. The average Bonchev–Trinajstić information content (AvgIpc) is 2.28. The summed E-state index contributed by atoms with van der Waals surface area (Å²) in [6.45, 7) is 6.13. The van der Waals surface area contributed by atoms with Gasteiger partial charge in [-0.2, -0.15) is 0 Å². The Morgan fingerprint density at radius 3 is 2.73 bits per heavy atom. The summed E-state index contributed by atoms with van der Waals surface area (Å²) in [4.78, 5) is 1.27. The van der Waals surface area contributed by atoms with E-state index in [1.54, 1.807) is 11.8 Å². The number of thioether (sulfide) groups is 1. The van der Waals surface area contributed by atoms with Crippen LogP contribution in [0.25, 0.3) is 0 Å². The van der Waals surface area contributed by atoms with E-state index in [4.69, 9.17) is 5.73 Å². The van der Waals surface area contributed by atoms with Gasteiger partial charge in [0, 0.05) is 10.9 Å². The molecule has 0 aliphatic rings. The molecule has 1 rings (SSSR count). The molecule has 0 amide bonds. The second-order valence-electron chi connectivity index (χ2n) is 3.66. The van der Waals surface area contributed by atoms with Crippen LogP contribution < -0.4 is 5.73 Å². The van der Waals surface area contributed by atoms with Gasteiger partial charge < -0.3 is 5.73 Å². The first-order chi connectivity index (χ1) is 7.19. The molecule has 1 aromatic rings. The van der Waals surface area contributed by atoms with Gasteiger partial charge in [-0.3, -0.25) is 0 Å². The highest BCUT2D eigenvalue weighted by Gasteiger charge is 2.10. The lowest BCUT2D eigenvalue weighted by atomic mass is 9.99. The molecule has 1 atom stereocenters. The summed E-state index contributed by atoms with van der Waals surface area (Å²) in [5.41, 5.74) is 8.63. The van der Waals surface area contributed by atoms with Crippen LogP contribution in [-0.4, -0.2) is 6.26 Å². The van der Waals surface area contributed by atoms with Crippen LogP contribution in [0.4, 0.5) is 0 Å². The van der Waals surface area contributed by atoms with Crippen molar-refractivity contribution in [3.05, 3.63) is 42.0 Å². The standard InChI is InChI=1S/C13H19NS/c1-4-10(2)9-12(14)11-7-5-6-8-13(11)15-3/h5-8,12H,2,4,9,14H2,1,3H3. The third-order valence-corrected chi connectivity index (χ3v) is 3.36. The van der Waals surface area contributed by atoms with Crippen molar-refractivity contribution in [2.75, 3.05) is 6.26 Å². The number of hydrogen-bond acceptors (Lipinski definition) is 2. The van der Waals surface area contributed by atoms with Gasteiger partial charge in [-0.1, -0.05) is 37.3 Å².